The third-order valence-electron chi connectivity index (χ3n) is 5.76. The first-order valence-electron chi connectivity index (χ1n) is 11.0. The van der Waals surface area contributed by atoms with E-state index in [1.54, 1.807) is 26.2 Å². The van der Waals surface area contributed by atoms with Crippen LogP contribution in [0.15, 0.2) is 58.8 Å². The SMILES string of the molecule is COCCCN1C(=O)NC(c2cccc(OC)c2)C(c2nc(-c3ccc(OC)cc3)no2)=C1C. The molecule has 0 fully saturated rings. The average Bonchev–Trinajstić information content (AvgIpc) is 3.35. The average molecular weight is 465 g/mol. The molecular weight excluding hydrogens is 436 g/mol. The quantitative estimate of drug-likeness (QED) is 0.472. The number of benzene rings is 2. The summed E-state index contributed by atoms with van der Waals surface area (Å²) in [5, 5.41) is 7.29. The van der Waals surface area contributed by atoms with E-state index in [-0.39, 0.29) is 6.03 Å². The van der Waals surface area contributed by atoms with Crippen molar-refractivity contribution in [1.82, 2.24) is 20.4 Å². The Morgan fingerprint density at radius 3 is 2.53 bits per heavy atom. The standard InChI is InChI=1S/C25H28N4O5/c1-16-21(24-27-23(28-34-24)17-9-11-19(32-3)12-10-17)22(18-7-5-8-20(15-18)33-4)26-25(30)29(16)13-6-14-31-2/h5,7-12,15,22H,6,13-14H2,1-4H3,(H,26,30). The van der Waals surface area contributed by atoms with Crippen molar-refractivity contribution < 1.29 is 23.5 Å². The molecular formula is C25H28N4O5. The third kappa shape index (κ3) is 4.74. The number of carbonyl (C=O) groups excluding carboxylic acids is 1. The fraction of sp³-hybridized carbons (Fsp3) is 0.320. The van der Waals surface area contributed by atoms with Crippen molar-refractivity contribution >= 4 is 11.6 Å². The van der Waals surface area contributed by atoms with Crippen LogP contribution in [-0.2, 0) is 4.74 Å². The molecule has 34 heavy (non-hydrogen) atoms. The minimum absolute atomic E-state index is 0.194. The molecule has 4 rings (SSSR count). The first-order chi connectivity index (χ1) is 16.5. The second-order valence-corrected chi connectivity index (χ2v) is 7.81. The van der Waals surface area contributed by atoms with Gasteiger partial charge in [-0.1, -0.05) is 17.3 Å². The van der Waals surface area contributed by atoms with Gasteiger partial charge in [-0.3, -0.25) is 4.90 Å². The van der Waals surface area contributed by atoms with Crippen LogP contribution in [-0.4, -0.2) is 55.6 Å². The number of urea groups is 1. The zero-order valence-electron chi connectivity index (χ0n) is 19.7. The van der Waals surface area contributed by atoms with E-state index in [1.165, 1.54) is 0 Å². The number of ether oxygens (including phenoxy) is 3. The lowest BCUT2D eigenvalue weighted by molar-refractivity contribution is 0.174. The van der Waals surface area contributed by atoms with Gasteiger partial charge in [0.05, 0.1) is 25.8 Å². The van der Waals surface area contributed by atoms with Gasteiger partial charge in [0.1, 0.15) is 11.5 Å². The Balaban J connectivity index is 1.76. The van der Waals surface area contributed by atoms with E-state index in [4.69, 9.17) is 18.7 Å². The van der Waals surface area contributed by atoms with Crippen LogP contribution in [0.4, 0.5) is 4.79 Å². The maximum atomic E-state index is 13.0. The Labute approximate surface area is 198 Å². The normalized spacial score (nSPS) is 15.9. The van der Waals surface area contributed by atoms with Crippen molar-refractivity contribution in [3.63, 3.8) is 0 Å². The minimum Gasteiger partial charge on any atom is -0.497 e. The maximum absolute atomic E-state index is 13.0. The molecule has 3 aromatic rings. The molecule has 1 aromatic heterocycles. The molecule has 178 valence electrons. The Bertz CT molecular complexity index is 1170. The molecule has 0 saturated carbocycles. The van der Waals surface area contributed by atoms with Gasteiger partial charge >= 0.3 is 6.03 Å². The van der Waals surface area contributed by atoms with Crippen molar-refractivity contribution in [3.8, 4) is 22.9 Å². The molecule has 1 aliphatic heterocycles. The van der Waals surface area contributed by atoms with Gasteiger partial charge in [-0.15, -0.1) is 0 Å². The highest BCUT2D eigenvalue weighted by molar-refractivity contribution is 5.87. The second-order valence-electron chi connectivity index (χ2n) is 7.81. The first-order valence-corrected chi connectivity index (χ1v) is 11.0. The summed E-state index contributed by atoms with van der Waals surface area (Å²) in [6.07, 6.45) is 0.694. The molecule has 2 aromatic carbocycles. The molecule has 0 saturated heterocycles. The van der Waals surface area contributed by atoms with Gasteiger partial charge in [-0.2, -0.15) is 4.98 Å². The molecule has 0 bridgehead atoms. The van der Waals surface area contributed by atoms with Gasteiger partial charge in [0, 0.05) is 31.5 Å². The fourth-order valence-electron chi connectivity index (χ4n) is 3.96. The topological polar surface area (TPSA) is 99.0 Å². The largest absolute Gasteiger partial charge is 0.497 e. The lowest BCUT2D eigenvalue weighted by Crippen LogP contribution is -2.46. The molecule has 2 amide bonds. The minimum atomic E-state index is -0.481. The molecule has 1 aliphatic rings. The van der Waals surface area contributed by atoms with Crippen LogP contribution < -0.4 is 14.8 Å². The number of nitrogens with one attached hydrogen (secondary N) is 1. The van der Waals surface area contributed by atoms with Crippen LogP contribution in [0.25, 0.3) is 17.0 Å². The van der Waals surface area contributed by atoms with E-state index < -0.39 is 6.04 Å². The highest BCUT2D eigenvalue weighted by Crippen LogP contribution is 2.38. The van der Waals surface area contributed by atoms with Crippen molar-refractivity contribution in [1.29, 1.82) is 0 Å². The zero-order valence-corrected chi connectivity index (χ0v) is 19.7. The molecule has 1 atom stereocenters. The molecule has 0 aliphatic carbocycles. The monoisotopic (exact) mass is 464 g/mol. The summed E-state index contributed by atoms with van der Waals surface area (Å²) in [4.78, 5) is 19.4. The molecule has 9 heteroatoms. The lowest BCUT2D eigenvalue weighted by Gasteiger charge is -2.35. The number of amides is 2. The van der Waals surface area contributed by atoms with Gasteiger partial charge in [0.25, 0.3) is 5.89 Å². The van der Waals surface area contributed by atoms with E-state index in [1.807, 2.05) is 55.5 Å². The summed E-state index contributed by atoms with van der Waals surface area (Å²) < 4.78 is 21.5. The first kappa shape index (κ1) is 23.3. The second kappa shape index (κ2) is 10.4. The summed E-state index contributed by atoms with van der Waals surface area (Å²) in [5.74, 6) is 2.22. The number of aromatic nitrogens is 2. The van der Waals surface area contributed by atoms with Gasteiger partial charge < -0.3 is 24.1 Å². The number of methoxy groups -OCH3 is 3. The molecule has 2 heterocycles. The van der Waals surface area contributed by atoms with Crippen LogP contribution >= 0.6 is 0 Å². The highest BCUT2D eigenvalue weighted by atomic mass is 16.5. The number of carbonyl (C=O) groups is 1. The number of allylic oxidation sites excluding steroid dienone is 1. The van der Waals surface area contributed by atoms with Crippen molar-refractivity contribution in [2.75, 3.05) is 34.5 Å². The number of rotatable bonds is 9. The number of hydrogen-bond acceptors (Lipinski definition) is 7. The Kier molecular flexibility index (Phi) is 7.12. The smallest absolute Gasteiger partial charge is 0.322 e. The van der Waals surface area contributed by atoms with Crippen LogP contribution in [0, 0.1) is 0 Å². The molecule has 1 unspecified atom stereocenters. The zero-order chi connectivity index (χ0) is 24.1. The Hall–Kier alpha value is -3.85. The van der Waals surface area contributed by atoms with Crippen molar-refractivity contribution in [3.05, 3.63) is 65.7 Å². The van der Waals surface area contributed by atoms with Crippen molar-refractivity contribution in [2.45, 2.75) is 19.4 Å². The Morgan fingerprint density at radius 1 is 1.06 bits per heavy atom. The summed E-state index contributed by atoms with van der Waals surface area (Å²) >= 11 is 0. The summed E-state index contributed by atoms with van der Waals surface area (Å²) in [6, 6.07) is 14.3. The maximum Gasteiger partial charge on any atom is 0.322 e. The van der Waals surface area contributed by atoms with Gasteiger partial charge in [-0.25, -0.2) is 4.79 Å². The Morgan fingerprint density at radius 2 is 1.82 bits per heavy atom. The number of nitrogens with zero attached hydrogens (tertiary/aromatic N) is 3. The fourth-order valence-corrected chi connectivity index (χ4v) is 3.96. The highest BCUT2D eigenvalue weighted by Gasteiger charge is 2.35. The van der Waals surface area contributed by atoms with Gasteiger partial charge in [0.15, 0.2) is 0 Å². The van der Waals surface area contributed by atoms with E-state index in [0.29, 0.717) is 37.0 Å². The van der Waals surface area contributed by atoms with Crippen molar-refractivity contribution in [2.24, 2.45) is 0 Å². The summed E-state index contributed by atoms with van der Waals surface area (Å²) in [6.45, 7) is 2.94. The van der Waals surface area contributed by atoms with Crippen LogP contribution in [0.1, 0.15) is 30.8 Å². The molecule has 1 N–H and O–H groups in total. The summed E-state index contributed by atoms with van der Waals surface area (Å²) in [7, 11) is 4.87. The lowest BCUT2D eigenvalue weighted by atomic mass is 9.94. The van der Waals surface area contributed by atoms with Gasteiger partial charge in [-0.05, 0) is 55.3 Å². The van der Waals surface area contributed by atoms with E-state index >= 15 is 0 Å². The van der Waals surface area contributed by atoms with Crippen LogP contribution in [0.5, 0.6) is 11.5 Å². The van der Waals surface area contributed by atoms with Crippen LogP contribution in [0.3, 0.4) is 0 Å². The third-order valence-corrected chi connectivity index (χ3v) is 5.76. The predicted octanol–water partition coefficient (Wildman–Crippen LogP) is 4.29. The molecule has 0 radical (unpaired) electrons. The number of hydrogen-bond donors (Lipinski definition) is 1. The molecule has 9 nitrogen and oxygen atoms in total. The van der Waals surface area contributed by atoms with E-state index in [0.717, 1.165) is 28.1 Å². The van der Waals surface area contributed by atoms with E-state index in [9.17, 15) is 4.79 Å². The molecule has 0 spiro atoms. The predicted molar refractivity (Wildman–Crippen MR) is 126 cm³/mol. The van der Waals surface area contributed by atoms with Gasteiger partial charge in [0.2, 0.25) is 5.82 Å². The van der Waals surface area contributed by atoms with E-state index in [2.05, 4.69) is 15.5 Å². The summed E-state index contributed by atoms with van der Waals surface area (Å²) in [5.41, 5.74) is 3.13. The van der Waals surface area contributed by atoms with Crippen LogP contribution in [0.2, 0.25) is 0 Å².